The van der Waals surface area contributed by atoms with Crippen LogP contribution in [0.3, 0.4) is 0 Å². The topological polar surface area (TPSA) is 64.3 Å². The second-order valence-electron chi connectivity index (χ2n) is 8.76. The van der Waals surface area contributed by atoms with E-state index in [-0.39, 0.29) is 6.04 Å². The number of anilines is 2. The van der Waals surface area contributed by atoms with Gasteiger partial charge in [-0.05, 0) is 83.4 Å². The predicted octanol–water partition coefficient (Wildman–Crippen LogP) is 6.76. The number of ether oxygens (including phenoxy) is 1. The molecule has 2 aromatic carbocycles. The Labute approximate surface area is 222 Å². The summed E-state index contributed by atoms with van der Waals surface area (Å²) in [5.74, 6) is 0. The molecule has 0 atom stereocenters. The van der Waals surface area contributed by atoms with Crippen LogP contribution in [0.1, 0.15) is 12.8 Å². The van der Waals surface area contributed by atoms with Gasteiger partial charge in [0, 0.05) is 34.6 Å². The fourth-order valence-corrected chi connectivity index (χ4v) is 5.05. The quantitative estimate of drug-likeness (QED) is 0.247. The van der Waals surface area contributed by atoms with Crippen LogP contribution >= 0.6 is 27.5 Å². The number of benzene rings is 3. The van der Waals surface area contributed by atoms with Gasteiger partial charge in [0.15, 0.2) is 0 Å². The number of nitrogens with one attached hydrogen (secondary N) is 1. The van der Waals surface area contributed by atoms with Gasteiger partial charge < -0.3 is 14.6 Å². The van der Waals surface area contributed by atoms with Crippen molar-refractivity contribution < 1.29 is 4.74 Å². The molecular formula is C28H23BrClN5O. The molecule has 3 heterocycles. The summed E-state index contributed by atoms with van der Waals surface area (Å²) in [7, 11) is 0. The van der Waals surface area contributed by atoms with Crippen LogP contribution in [-0.2, 0) is 4.74 Å². The highest BCUT2D eigenvalue weighted by molar-refractivity contribution is 9.10. The number of pyridine rings is 1. The molecule has 1 N–H and O–H groups in total. The zero-order valence-corrected chi connectivity index (χ0v) is 21.7. The third kappa shape index (κ3) is 4.74. The molecule has 0 spiro atoms. The largest absolute Gasteiger partial charge is 0.381 e. The summed E-state index contributed by atoms with van der Waals surface area (Å²) < 4.78 is 8.69. The maximum absolute atomic E-state index is 6.21. The van der Waals surface area contributed by atoms with Crippen molar-refractivity contribution in [1.82, 2.24) is 14.5 Å². The third-order valence-corrected chi connectivity index (χ3v) is 6.96. The molecule has 0 radical (unpaired) electrons. The van der Waals surface area contributed by atoms with Gasteiger partial charge in [-0.2, -0.15) is 0 Å². The number of fused-ring (bicyclic) bond motifs is 2. The SMILES string of the molecule is Clc1ccc(-n2c3cc(=NC4CCOCC4)c(Nc4cncc(Br)c4)cc-3nc3ccccc32)cc1. The van der Waals surface area contributed by atoms with Gasteiger partial charge in [-0.3, -0.25) is 9.98 Å². The first-order valence-electron chi connectivity index (χ1n) is 11.8. The lowest BCUT2D eigenvalue weighted by Gasteiger charge is -2.22. The Kier molecular flexibility index (Phi) is 6.44. The molecule has 3 aliphatic rings. The molecule has 0 bridgehead atoms. The van der Waals surface area contributed by atoms with Crippen molar-refractivity contribution in [3.05, 3.63) is 94.0 Å². The molecule has 1 fully saturated rings. The molecule has 1 aromatic heterocycles. The average Bonchev–Trinajstić information content (AvgIpc) is 2.89. The van der Waals surface area contributed by atoms with Gasteiger partial charge in [0.1, 0.15) is 0 Å². The van der Waals surface area contributed by atoms with Crippen LogP contribution < -0.4 is 10.7 Å². The van der Waals surface area contributed by atoms with Gasteiger partial charge in [-0.1, -0.05) is 23.7 Å². The molecule has 1 aliphatic carbocycles. The van der Waals surface area contributed by atoms with Crippen molar-refractivity contribution in [1.29, 1.82) is 0 Å². The van der Waals surface area contributed by atoms with Crippen LogP contribution in [0.15, 0.2) is 88.6 Å². The van der Waals surface area contributed by atoms with Crippen LogP contribution in [0.5, 0.6) is 0 Å². The first kappa shape index (κ1) is 23.2. The zero-order valence-electron chi connectivity index (χ0n) is 19.4. The molecule has 36 heavy (non-hydrogen) atoms. The molecule has 1 saturated heterocycles. The van der Waals surface area contributed by atoms with Gasteiger partial charge in [0.05, 0.1) is 51.4 Å². The Bertz CT molecular complexity index is 1580. The molecule has 0 unspecified atom stereocenters. The van der Waals surface area contributed by atoms with Gasteiger partial charge >= 0.3 is 0 Å². The number of hydrogen-bond acceptors (Lipinski definition) is 5. The van der Waals surface area contributed by atoms with Gasteiger partial charge in [0.2, 0.25) is 0 Å². The summed E-state index contributed by atoms with van der Waals surface area (Å²) in [6.45, 7) is 1.47. The van der Waals surface area contributed by atoms with E-state index in [0.29, 0.717) is 5.02 Å². The minimum absolute atomic E-state index is 0.204. The monoisotopic (exact) mass is 559 g/mol. The molecule has 2 aliphatic heterocycles. The number of rotatable bonds is 4. The summed E-state index contributed by atoms with van der Waals surface area (Å²) in [6, 6.07) is 22.5. The van der Waals surface area contributed by atoms with E-state index in [9.17, 15) is 0 Å². The fourth-order valence-electron chi connectivity index (χ4n) is 4.56. The third-order valence-electron chi connectivity index (χ3n) is 6.28. The molecule has 6 rings (SSSR count). The Morgan fingerprint density at radius 1 is 1.00 bits per heavy atom. The van der Waals surface area contributed by atoms with Crippen LogP contribution in [-0.4, -0.2) is 33.8 Å². The minimum Gasteiger partial charge on any atom is -0.381 e. The van der Waals surface area contributed by atoms with E-state index in [1.807, 2.05) is 48.5 Å². The van der Waals surface area contributed by atoms with Crippen LogP contribution in [0.2, 0.25) is 5.02 Å². The molecule has 180 valence electrons. The van der Waals surface area contributed by atoms with Gasteiger partial charge in [-0.25, -0.2) is 4.98 Å². The molecule has 0 saturated carbocycles. The lowest BCUT2D eigenvalue weighted by molar-refractivity contribution is 0.0864. The number of hydrogen-bond donors (Lipinski definition) is 1. The molecular weight excluding hydrogens is 538 g/mol. The van der Waals surface area contributed by atoms with Gasteiger partial charge in [0.25, 0.3) is 0 Å². The second-order valence-corrected chi connectivity index (χ2v) is 10.1. The Morgan fingerprint density at radius 3 is 2.61 bits per heavy atom. The fraction of sp³-hybridized carbons (Fsp3) is 0.179. The van der Waals surface area contributed by atoms with Crippen molar-refractivity contribution in [2.45, 2.75) is 18.9 Å². The van der Waals surface area contributed by atoms with Crippen molar-refractivity contribution in [2.75, 3.05) is 18.5 Å². The summed E-state index contributed by atoms with van der Waals surface area (Å²) in [5.41, 5.74) is 6.53. The van der Waals surface area contributed by atoms with Gasteiger partial charge in [-0.15, -0.1) is 0 Å². The van der Waals surface area contributed by atoms with E-state index in [1.165, 1.54) is 0 Å². The van der Waals surface area contributed by atoms with Crippen molar-refractivity contribution in [2.24, 2.45) is 4.99 Å². The number of halogens is 2. The normalized spacial score (nSPS) is 15.0. The lowest BCUT2D eigenvalue weighted by atomic mass is 10.1. The highest BCUT2D eigenvalue weighted by Gasteiger charge is 2.18. The van der Waals surface area contributed by atoms with Crippen molar-refractivity contribution in [3.8, 4) is 17.1 Å². The highest BCUT2D eigenvalue weighted by atomic mass is 79.9. The molecule has 0 amide bonds. The molecule has 3 aromatic rings. The second kappa shape index (κ2) is 10.0. The maximum Gasteiger partial charge on any atom is 0.0900 e. The summed E-state index contributed by atoms with van der Waals surface area (Å²) in [6.07, 6.45) is 5.38. The van der Waals surface area contributed by atoms with E-state index < -0.39 is 0 Å². The van der Waals surface area contributed by atoms with E-state index in [1.54, 1.807) is 12.4 Å². The van der Waals surface area contributed by atoms with E-state index in [4.69, 9.17) is 26.3 Å². The Hall–Kier alpha value is -3.26. The number of nitrogens with zero attached hydrogens (tertiary/aromatic N) is 4. The van der Waals surface area contributed by atoms with Crippen molar-refractivity contribution in [3.63, 3.8) is 0 Å². The lowest BCUT2D eigenvalue weighted by Crippen LogP contribution is -2.23. The summed E-state index contributed by atoms with van der Waals surface area (Å²) in [5, 5.41) is 5.11. The molecule has 6 nitrogen and oxygen atoms in total. The highest BCUT2D eigenvalue weighted by Crippen LogP contribution is 2.31. The van der Waals surface area contributed by atoms with Crippen LogP contribution in [0, 0.1) is 0 Å². The minimum atomic E-state index is 0.204. The maximum atomic E-state index is 6.21. The molecule has 8 heteroatoms. The first-order valence-corrected chi connectivity index (χ1v) is 13.0. The first-order chi connectivity index (χ1) is 17.6. The summed E-state index contributed by atoms with van der Waals surface area (Å²) >= 11 is 9.73. The van der Waals surface area contributed by atoms with E-state index in [0.717, 1.165) is 75.4 Å². The van der Waals surface area contributed by atoms with E-state index in [2.05, 4.69) is 49.0 Å². The Morgan fingerprint density at radius 2 is 1.81 bits per heavy atom. The smallest absolute Gasteiger partial charge is 0.0900 e. The standard InChI is InChI=1S/C28H23BrClN5O/c29-18-13-21(17-31-16-18)33-24-14-26-28(15-25(24)32-20-9-11-36-12-10-20)35(22-7-5-19(30)6-8-22)27-4-2-1-3-23(27)34-26/h1-8,13-17,20,33H,9-12H2. The van der Waals surface area contributed by atoms with Crippen molar-refractivity contribution >= 4 is 49.9 Å². The van der Waals surface area contributed by atoms with Crippen LogP contribution in [0.25, 0.3) is 28.1 Å². The Balaban J connectivity index is 1.62. The summed E-state index contributed by atoms with van der Waals surface area (Å²) in [4.78, 5) is 14.5. The average molecular weight is 561 g/mol. The van der Waals surface area contributed by atoms with E-state index >= 15 is 0 Å². The van der Waals surface area contributed by atoms with Crippen LogP contribution in [0.4, 0.5) is 11.4 Å². The predicted molar refractivity (Wildman–Crippen MR) is 147 cm³/mol. The zero-order chi connectivity index (χ0) is 24.5. The number of aromatic nitrogens is 3. The number of para-hydroxylation sites is 2.